The van der Waals surface area contributed by atoms with Gasteiger partial charge in [0.25, 0.3) is 5.91 Å². The molecule has 0 bridgehead atoms. The molecule has 3 nitrogen and oxygen atoms in total. The molecule has 2 aromatic rings. The van der Waals surface area contributed by atoms with E-state index < -0.39 is 17.6 Å². The third kappa shape index (κ3) is 4.17. The van der Waals surface area contributed by atoms with Crippen LogP contribution in [0.25, 0.3) is 0 Å². The molecular weight excluding hydrogens is 281 g/mol. The van der Waals surface area contributed by atoms with Gasteiger partial charge < -0.3 is 0 Å². The molecule has 0 radical (unpaired) electrons. The second-order valence-electron chi connectivity index (χ2n) is 4.19. The number of rotatable bonds is 3. The molecule has 0 aromatic heterocycles. The number of alkyl halides is 3. The Kier molecular flexibility index (Phi) is 4.37. The Labute approximate surface area is 119 Å². The molecule has 21 heavy (non-hydrogen) atoms. The number of carbonyl (C=O) groups is 1. The van der Waals surface area contributed by atoms with Gasteiger partial charge in [-0.15, -0.1) is 0 Å². The number of benzene rings is 2. The number of hydrogen-bond donors (Lipinski definition) is 1. The summed E-state index contributed by atoms with van der Waals surface area (Å²) in [6.45, 7) is 0. The molecular formula is C15H11F3N2O. The Morgan fingerprint density at radius 2 is 1.76 bits per heavy atom. The van der Waals surface area contributed by atoms with E-state index in [0.717, 1.165) is 17.7 Å². The van der Waals surface area contributed by atoms with Gasteiger partial charge in [-0.3, -0.25) is 4.79 Å². The fourth-order valence-electron chi connectivity index (χ4n) is 1.61. The lowest BCUT2D eigenvalue weighted by atomic mass is 10.1. The molecule has 0 unspecified atom stereocenters. The summed E-state index contributed by atoms with van der Waals surface area (Å²) in [5.41, 5.74) is 1.98. The van der Waals surface area contributed by atoms with Crippen molar-refractivity contribution in [3.05, 3.63) is 71.3 Å². The van der Waals surface area contributed by atoms with E-state index in [2.05, 4.69) is 10.5 Å². The van der Waals surface area contributed by atoms with E-state index in [4.69, 9.17) is 0 Å². The van der Waals surface area contributed by atoms with Crippen molar-refractivity contribution >= 4 is 12.1 Å². The van der Waals surface area contributed by atoms with E-state index in [1.165, 1.54) is 18.3 Å². The lowest BCUT2D eigenvalue weighted by Crippen LogP contribution is -2.18. The monoisotopic (exact) mass is 292 g/mol. The molecule has 2 aromatic carbocycles. The van der Waals surface area contributed by atoms with Gasteiger partial charge in [0, 0.05) is 5.56 Å². The van der Waals surface area contributed by atoms with Gasteiger partial charge in [0.1, 0.15) is 0 Å². The molecule has 0 aliphatic carbocycles. The second-order valence-corrected chi connectivity index (χ2v) is 4.19. The highest BCUT2D eigenvalue weighted by molar-refractivity contribution is 5.95. The normalized spacial score (nSPS) is 11.6. The minimum atomic E-state index is -4.48. The number of hydrazone groups is 1. The second kappa shape index (κ2) is 6.21. The summed E-state index contributed by atoms with van der Waals surface area (Å²) in [5.74, 6) is -0.701. The minimum Gasteiger partial charge on any atom is -0.267 e. The zero-order valence-corrected chi connectivity index (χ0v) is 10.8. The Bertz CT molecular complexity index is 651. The van der Waals surface area contributed by atoms with Crippen LogP contribution in [0.2, 0.25) is 0 Å². The van der Waals surface area contributed by atoms with Crippen LogP contribution < -0.4 is 5.43 Å². The maximum Gasteiger partial charge on any atom is 0.416 e. The molecule has 0 aliphatic heterocycles. The first-order valence-electron chi connectivity index (χ1n) is 6.02. The number of halogens is 3. The van der Waals surface area contributed by atoms with Crippen LogP contribution in [0.4, 0.5) is 13.2 Å². The van der Waals surface area contributed by atoms with Gasteiger partial charge in [0.05, 0.1) is 11.8 Å². The van der Waals surface area contributed by atoms with Gasteiger partial charge in [-0.1, -0.05) is 36.4 Å². The van der Waals surface area contributed by atoms with E-state index in [0.29, 0.717) is 0 Å². The highest BCUT2D eigenvalue weighted by Gasteiger charge is 2.30. The van der Waals surface area contributed by atoms with Crippen molar-refractivity contribution in [1.82, 2.24) is 5.43 Å². The van der Waals surface area contributed by atoms with E-state index in [1.54, 1.807) is 24.3 Å². The summed E-state index contributed by atoms with van der Waals surface area (Å²) in [5, 5.41) is 3.70. The molecule has 0 heterocycles. The van der Waals surface area contributed by atoms with Crippen molar-refractivity contribution in [3.63, 3.8) is 0 Å². The molecule has 0 aliphatic rings. The lowest BCUT2D eigenvalue weighted by molar-refractivity contribution is -0.137. The standard InChI is InChI=1S/C15H11F3N2O/c16-15(17,18)13-8-4-7-12(9-13)14(21)20-19-10-11-5-2-1-3-6-11/h1-10H,(H,20,21)/b19-10-. The highest BCUT2D eigenvalue weighted by atomic mass is 19.4. The summed E-state index contributed by atoms with van der Waals surface area (Å²) in [6.07, 6.45) is -3.07. The Hall–Kier alpha value is -2.63. The summed E-state index contributed by atoms with van der Waals surface area (Å²) in [7, 11) is 0. The van der Waals surface area contributed by atoms with E-state index >= 15 is 0 Å². The van der Waals surface area contributed by atoms with Gasteiger partial charge in [-0.25, -0.2) is 5.43 Å². The summed E-state index contributed by atoms with van der Waals surface area (Å²) in [6, 6.07) is 13.2. The Morgan fingerprint density at radius 1 is 1.05 bits per heavy atom. The van der Waals surface area contributed by atoms with Crippen molar-refractivity contribution in [2.45, 2.75) is 6.18 Å². The molecule has 0 fully saturated rings. The van der Waals surface area contributed by atoms with E-state index in [1.807, 2.05) is 6.07 Å². The van der Waals surface area contributed by atoms with E-state index in [-0.39, 0.29) is 5.56 Å². The molecule has 108 valence electrons. The van der Waals surface area contributed by atoms with Crippen LogP contribution in [-0.4, -0.2) is 12.1 Å². The zero-order valence-electron chi connectivity index (χ0n) is 10.8. The Morgan fingerprint density at radius 3 is 2.43 bits per heavy atom. The first kappa shape index (κ1) is 14.8. The average Bonchev–Trinajstić information content (AvgIpc) is 2.47. The topological polar surface area (TPSA) is 41.5 Å². The van der Waals surface area contributed by atoms with E-state index in [9.17, 15) is 18.0 Å². The quantitative estimate of drug-likeness (QED) is 0.683. The van der Waals surface area contributed by atoms with Crippen molar-refractivity contribution in [2.75, 3.05) is 0 Å². The molecule has 6 heteroatoms. The summed E-state index contributed by atoms with van der Waals surface area (Å²) >= 11 is 0. The van der Waals surface area contributed by atoms with Gasteiger partial charge in [-0.2, -0.15) is 18.3 Å². The maximum atomic E-state index is 12.5. The number of carbonyl (C=O) groups excluding carboxylic acids is 1. The molecule has 0 atom stereocenters. The third-order valence-electron chi connectivity index (χ3n) is 2.63. The van der Waals surface area contributed by atoms with Gasteiger partial charge >= 0.3 is 6.18 Å². The van der Waals surface area contributed by atoms with Crippen LogP contribution in [0.3, 0.4) is 0 Å². The first-order valence-corrected chi connectivity index (χ1v) is 6.02. The SMILES string of the molecule is O=C(N/N=C\c1ccccc1)c1cccc(C(F)(F)F)c1. The molecule has 2 rings (SSSR count). The third-order valence-corrected chi connectivity index (χ3v) is 2.63. The summed E-state index contributed by atoms with van der Waals surface area (Å²) < 4.78 is 37.6. The fourth-order valence-corrected chi connectivity index (χ4v) is 1.61. The minimum absolute atomic E-state index is 0.102. The smallest absolute Gasteiger partial charge is 0.267 e. The largest absolute Gasteiger partial charge is 0.416 e. The molecule has 0 saturated heterocycles. The van der Waals surface area contributed by atoms with Crippen molar-refractivity contribution in [3.8, 4) is 0 Å². The van der Waals surface area contributed by atoms with Crippen LogP contribution in [-0.2, 0) is 6.18 Å². The molecule has 1 N–H and O–H groups in total. The van der Waals surface area contributed by atoms with Crippen LogP contribution in [0, 0.1) is 0 Å². The van der Waals surface area contributed by atoms with Gasteiger partial charge in [0.15, 0.2) is 0 Å². The number of nitrogens with one attached hydrogen (secondary N) is 1. The molecule has 1 amide bonds. The highest BCUT2D eigenvalue weighted by Crippen LogP contribution is 2.29. The predicted octanol–water partition coefficient (Wildman–Crippen LogP) is 3.47. The van der Waals surface area contributed by atoms with Crippen molar-refractivity contribution in [1.29, 1.82) is 0 Å². The Balaban J connectivity index is 2.06. The van der Waals surface area contributed by atoms with Crippen LogP contribution >= 0.6 is 0 Å². The van der Waals surface area contributed by atoms with Gasteiger partial charge in [-0.05, 0) is 23.8 Å². The number of nitrogens with zero attached hydrogens (tertiary/aromatic N) is 1. The van der Waals surface area contributed by atoms with Crippen LogP contribution in [0.15, 0.2) is 59.7 Å². The average molecular weight is 292 g/mol. The van der Waals surface area contributed by atoms with Crippen molar-refractivity contribution in [2.24, 2.45) is 5.10 Å². The van der Waals surface area contributed by atoms with Crippen LogP contribution in [0.5, 0.6) is 0 Å². The predicted molar refractivity (Wildman–Crippen MR) is 72.9 cm³/mol. The van der Waals surface area contributed by atoms with Crippen LogP contribution in [0.1, 0.15) is 21.5 Å². The molecule has 0 spiro atoms. The zero-order chi connectivity index (χ0) is 15.3. The lowest BCUT2D eigenvalue weighted by Gasteiger charge is -2.07. The van der Waals surface area contributed by atoms with Crippen molar-refractivity contribution < 1.29 is 18.0 Å². The first-order chi connectivity index (χ1) is 9.97. The fraction of sp³-hybridized carbons (Fsp3) is 0.0667. The van der Waals surface area contributed by atoms with Gasteiger partial charge in [0.2, 0.25) is 0 Å². The number of amides is 1. The summed E-state index contributed by atoms with van der Waals surface area (Å²) in [4.78, 5) is 11.7. The molecule has 0 saturated carbocycles. The number of hydrogen-bond acceptors (Lipinski definition) is 2. The maximum absolute atomic E-state index is 12.5.